The first-order valence-electron chi connectivity index (χ1n) is 12.8. The molecule has 194 valence electrons. The van der Waals surface area contributed by atoms with Crippen molar-refractivity contribution in [1.82, 2.24) is 14.8 Å². The Bertz CT molecular complexity index is 1460. The average molecular weight is 525 g/mol. The second-order valence-corrected chi connectivity index (χ2v) is 10.3. The van der Waals surface area contributed by atoms with Crippen LogP contribution in [0.1, 0.15) is 25.0 Å². The van der Waals surface area contributed by atoms with Crippen molar-refractivity contribution in [3.8, 4) is 17.0 Å². The molecule has 5 rings (SSSR count). The summed E-state index contributed by atoms with van der Waals surface area (Å²) in [7, 11) is 4.78. The Balaban J connectivity index is 1.74. The van der Waals surface area contributed by atoms with Crippen LogP contribution in [0.25, 0.3) is 22.2 Å². The van der Waals surface area contributed by atoms with Crippen LogP contribution in [0.4, 0.5) is 5.82 Å². The summed E-state index contributed by atoms with van der Waals surface area (Å²) in [6.07, 6.45) is 1.88. The summed E-state index contributed by atoms with van der Waals surface area (Å²) in [4.78, 5) is 4.49. The summed E-state index contributed by atoms with van der Waals surface area (Å²) in [6.45, 7) is 5.34. The van der Waals surface area contributed by atoms with E-state index in [2.05, 4.69) is 84.9 Å². The van der Waals surface area contributed by atoms with Gasteiger partial charge in [-0.1, -0.05) is 69.9 Å². The maximum Gasteiger partial charge on any atom is 0.126 e. The van der Waals surface area contributed by atoms with Crippen LogP contribution < -0.4 is 10.1 Å². The van der Waals surface area contributed by atoms with Gasteiger partial charge in [0.2, 0.25) is 0 Å². The summed E-state index contributed by atoms with van der Waals surface area (Å²) in [6, 6.07) is 31.2. The minimum atomic E-state index is -0.633. The van der Waals surface area contributed by atoms with Crippen molar-refractivity contribution in [3.63, 3.8) is 0 Å². The number of hydrogen-bond acceptors (Lipinski definition) is 5. The molecule has 0 amide bonds. The van der Waals surface area contributed by atoms with E-state index >= 15 is 0 Å². The molecule has 6 nitrogen and oxygen atoms in total. The quantitative estimate of drug-likeness (QED) is 0.165. The normalized spacial score (nSPS) is 11.7. The van der Waals surface area contributed by atoms with Crippen molar-refractivity contribution < 1.29 is 9.47 Å². The van der Waals surface area contributed by atoms with Gasteiger partial charge in [-0.25, -0.2) is 9.67 Å². The van der Waals surface area contributed by atoms with Gasteiger partial charge < -0.3 is 14.8 Å². The molecule has 1 atom stereocenters. The number of ether oxygens (including phenoxy) is 2. The van der Waals surface area contributed by atoms with E-state index in [-0.39, 0.29) is 6.10 Å². The van der Waals surface area contributed by atoms with Crippen LogP contribution in [0.15, 0.2) is 97.2 Å². The number of aromatic nitrogens is 3. The lowest BCUT2D eigenvalue weighted by atomic mass is 9.97. The minimum Gasteiger partial charge on any atom is -0.491 e. The topological polar surface area (TPSA) is 61.2 Å². The van der Waals surface area contributed by atoms with E-state index in [1.54, 1.807) is 7.11 Å². The third-order valence-corrected chi connectivity index (χ3v) is 7.34. The summed E-state index contributed by atoms with van der Waals surface area (Å²) in [5.74, 6) is 1.59. The van der Waals surface area contributed by atoms with Gasteiger partial charge in [0.25, 0.3) is 0 Å². The first-order valence-corrected chi connectivity index (χ1v) is 13.4. The van der Waals surface area contributed by atoms with E-state index in [4.69, 9.17) is 14.6 Å². The zero-order chi connectivity index (χ0) is 26.5. The number of pyridine rings is 1. The number of nitrogens with zero attached hydrogens (tertiary/aromatic N) is 3. The molecule has 1 unspecified atom stereocenters. The average Bonchev–Trinajstić information content (AvgIpc) is 3.33. The van der Waals surface area contributed by atoms with Crippen molar-refractivity contribution in [2.45, 2.75) is 25.2 Å². The van der Waals surface area contributed by atoms with Gasteiger partial charge in [0, 0.05) is 30.8 Å². The van der Waals surface area contributed by atoms with Crippen LogP contribution in [-0.4, -0.2) is 41.1 Å². The van der Waals surface area contributed by atoms with Crippen molar-refractivity contribution in [3.05, 3.63) is 108 Å². The molecule has 0 aliphatic rings. The fraction of sp³-hybridized carbons (Fsp3) is 0.226. The number of nitrogens with one attached hydrogen (secondary N) is 1. The highest BCUT2D eigenvalue weighted by atomic mass is 31.0. The number of anilines is 1. The van der Waals surface area contributed by atoms with Gasteiger partial charge >= 0.3 is 0 Å². The van der Waals surface area contributed by atoms with Crippen LogP contribution >= 0.6 is 9.24 Å². The van der Waals surface area contributed by atoms with Gasteiger partial charge in [0.15, 0.2) is 0 Å². The molecule has 0 fully saturated rings. The molecule has 0 bridgehead atoms. The second-order valence-electron chi connectivity index (χ2n) is 9.45. The molecule has 0 radical (unpaired) electrons. The summed E-state index contributed by atoms with van der Waals surface area (Å²) >= 11 is 0. The second kappa shape index (κ2) is 11.3. The van der Waals surface area contributed by atoms with Crippen molar-refractivity contribution >= 4 is 26.0 Å². The molecule has 38 heavy (non-hydrogen) atoms. The zero-order valence-corrected chi connectivity index (χ0v) is 23.1. The maximum absolute atomic E-state index is 6.09. The van der Waals surface area contributed by atoms with E-state index in [9.17, 15) is 0 Å². The summed E-state index contributed by atoms with van der Waals surface area (Å²) < 4.78 is 13.4. The van der Waals surface area contributed by atoms with Gasteiger partial charge in [-0.2, -0.15) is 5.10 Å². The summed E-state index contributed by atoms with van der Waals surface area (Å²) in [5.41, 5.74) is 5.08. The summed E-state index contributed by atoms with van der Waals surface area (Å²) in [5, 5.41) is 9.01. The predicted molar refractivity (Wildman–Crippen MR) is 158 cm³/mol. The van der Waals surface area contributed by atoms with Gasteiger partial charge in [0.05, 0.1) is 18.2 Å². The molecule has 1 N–H and O–H groups in total. The van der Waals surface area contributed by atoms with Crippen LogP contribution in [-0.2, 0) is 10.0 Å². The highest BCUT2D eigenvalue weighted by molar-refractivity contribution is 7.19. The van der Waals surface area contributed by atoms with Crippen molar-refractivity contribution in [2.75, 3.05) is 25.6 Å². The van der Waals surface area contributed by atoms with Crippen molar-refractivity contribution in [1.29, 1.82) is 0 Å². The zero-order valence-electron chi connectivity index (χ0n) is 22.0. The third kappa shape index (κ3) is 5.15. The van der Waals surface area contributed by atoms with Crippen LogP contribution in [0.5, 0.6) is 5.75 Å². The molecule has 0 aliphatic heterocycles. The molecular formula is C31H33N4O2P. The lowest BCUT2D eigenvalue weighted by Crippen LogP contribution is -2.30. The Hall–Kier alpha value is -3.73. The van der Waals surface area contributed by atoms with Crippen LogP contribution in [0.3, 0.4) is 0 Å². The number of rotatable bonds is 10. The third-order valence-electron chi connectivity index (χ3n) is 6.43. The van der Waals surface area contributed by atoms with E-state index in [0.717, 1.165) is 44.9 Å². The van der Waals surface area contributed by atoms with Crippen LogP contribution in [0.2, 0.25) is 0 Å². The Labute approximate surface area is 226 Å². The lowest BCUT2D eigenvalue weighted by Gasteiger charge is -2.32. The van der Waals surface area contributed by atoms with E-state index in [0.29, 0.717) is 13.2 Å². The van der Waals surface area contributed by atoms with Gasteiger partial charge in [0.1, 0.15) is 22.5 Å². The fourth-order valence-electron chi connectivity index (χ4n) is 4.68. The minimum absolute atomic E-state index is 0.0675. The van der Waals surface area contributed by atoms with E-state index < -0.39 is 5.28 Å². The molecule has 0 saturated carbocycles. The molecular weight excluding hydrogens is 491 g/mol. The Morgan fingerprint density at radius 3 is 2.24 bits per heavy atom. The largest absolute Gasteiger partial charge is 0.491 e. The molecule has 0 aliphatic carbocycles. The highest BCUT2D eigenvalue weighted by Gasteiger charge is 2.34. The first kappa shape index (κ1) is 25.9. The Morgan fingerprint density at radius 1 is 0.921 bits per heavy atom. The number of fused-ring (bicyclic) bond motifs is 1. The number of benzene rings is 3. The van der Waals surface area contributed by atoms with Gasteiger partial charge in [-0.3, -0.25) is 0 Å². The predicted octanol–water partition coefficient (Wildman–Crippen LogP) is 6.57. The van der Waals surface area contributed by atoms with Gasteiger partial charge in [-0.15, -0.1) is 0 Å². The molecule has 0 saturated heterocycles. The van der Waals surface area contributed by atoms with Crippen LogP contribution in [0, 0.1) is 0 Å². The monoisotopic (exact) mass is 524 g/mol. The highest BCUT2D eigenvalue weighted by Crippen LogP contribution is 2.44. The molecule has 3 aromatic carbocycles. The molecule has 7 heteroatoms. The molecule has 5 aromatic rings. The van der Waals surface area contributed by atoms with Gasteiger partial charge in [-0.05, 0) is 55.3 Å². The smallest absolute Gasteiger partial charge is 0.126 e. The van der Waals surface area contributed by atoms with E-state index in [1.165, 1.54) is 0 Å². The molecule has 2 heterocycles. The SMILES string of the molecule is COCCNc1cc(-c2nn(C(P)(c3ccccc3)c3ccccc3)c3ccc(OC(C)C)cc23)ccn1. The number of methoxy groups -OCH3 is 1. The maximum atomic E-state index is 6.09. The van der Waals surface area contributed by atoms with E-state index in [1.807, 2.05) is 50.4 Å². The molecule has 0 spiro atoms. The first-order chi connectivity index (χ1) is 18.5. The fourth-order valence-corrected chi connectivity index (χ4v) is 5.26. The number of hydrogen-bond donors (Lipinski definition) is 1. The lowest BCUT2D eigenvalue weighted by molar-refractivity contribution is 0.210. The Kier molecular flexibility index (Phi) is 7.73. The standard InChI is InChI=1S/C31H33N4O2P/c1-22(2)37-26-14-15-28-27(21-26)30(23-16-17-32-29(20-23)33-18-19-36-3)34-35(28)31(38,24-10-6-4-7-11-24)25-12-8-5-9-13-25/h4-17,20-22H,18-19,38H2,1-3H3,(H,32,33). The molecule has 2 aromatic heterocycles. The Morgan fingerprint density at radius 2 is 1.61 bits per heavy atom. The van der Waals surface area contributed by atoms with Crippen molar-refractivity contribution in [2.24, 2.45) is 0 Å².